The van der Waals surface area contributed by atoms with Crippen LogP contribution in [0.1, 0.15) is 0 Å². The topological polar surface area (TPSA) is 35.0 Å². The van der Waals surface area contributed by atoms with Crippen molar-refractivity contribution >= 4 is 43.1 Å². The van der Waals surface area contributed by atoms with Gasteiger partial charge < -0.3 is 4.74 Å². The lowest BCUT2D eigenvalue weighted by molar-refractivity contribution is 0.419. The van der Waals surface area contributed by atoms with Crippen LogP contribution in [0.3, 0.4) is 0 Å². The van der Waals surface area contributed by atoms with Crippen LogP contribution in [0.2, 0.25) is 0 Å². The molecule has 3 aromatic carbocycles. The Balaban J connectivity index is 1.78. The van der Waals surface area contributed by atoms with Crippen LogP contribution in [0.15, 0.2) is 66.7 Å². The molecule has 0 bridgehead atoms. The summed E-state index contributed by atoms with van der Waals surface area (Å²) >= 11 is 3.36. The SMILES string of the molecule is COc1cc2sc(-c3ccccc3)nc2c2sc(-c3ccccc3)nc12. The second-order valence-corrected chi connectivity index (χ2v) is 7.90. The molecule has 5 rings (SSSR count). The number of thiazole rings is 2. The van der Waals surface area contributed by atoms with Gasteiger partial charge in [-0.2, -0.15) is 0 Å². The second kappa shape index (κ2) is 6.20. The highest BCUT2D eigenvalue weighted by atomic mass is 32.1. The van der Waals surface area contributed by atoms with Crippen molar-refractivity contribution in [3.05, 3.63) is 66.7 Å². The van der Waals surface area contributed by atoms with Crippen LogP contribution in [0.5, 0.6) is 5.75 Å². The molecule has 0 spiro atoms. The van der Waals surface area contributed by atoms with Crippen LogP contribution in [0.4, 0.5) is 0 Å². The van der Waals surface area contributed by atoms with E-state index < -0.39 is 0 Å². The van der Waals surface area contributed by atoms with Gasteiger partial charge >= 0.3 is 0 Å². The molecule has 0 aliphatic heterocycles. The zero-order valence-electron chi connectivity index (χ0n) is 14.0. The summed E-state index contributed by atoms with van der Waals surface area (Å²) in [6.45, 7) is 0. The molecule has 0 saturated heterocycles. The molecule has 5 heteroatoms. The third-order valence-electron chi connectivity index (χ3n) is 4.25. The normalized spacial score (nSPS) is 11.3. The monoisotopic (exact) mass is 374 g/mol. The molecule has 0 aliphatic carbocycles. The second-order valence-electron chi connectivity index (χ2n) is 5.87. The Labute approximate surface area is 158 Å². The summed E-state index contributed by atoms with van der Waals surface area (Å²) in [6.07, 6.45) is 0. The Morgan fingerprint density at radius 2 is 1.31 bits per heavy atom. The molecule has 0 fully saturated rings. The van der Waals surface area contributed by atoms with Crippen molar-refractivity contribution in [1.29, 1.82) is 0 Å². The van der Waals surface area contributed by atoms with Gasteiger partial charge in [-0.1, -0.05) is 60.7 Å². The molecule has 126 valence electrons. The van der Waals surface area contributed by atoms with Gasteiger partial charge in [-0.05, 0) is 0 Å². The number of ether oxygens (including phenoxy) is 1. The molecule has 5 aromatic rings. The molecule has 0 unspecified atom stereocenters. The summed E-state index contributed by atoms with van der Waals surface area (Å²) in [5.74, 6) is 0.800. The summed E-state index contributed by atoms with van der Waals surface area (Å²) in [4.78, 5) is 9.77. The molecule has 0 N–H and O–H groups in total. The molecule has 0 atom stereocenters. The number of benzene rings is 3. The van der Waals surface area contributed by atoms with Gasteiger partial charge in [0.15, 0.2) is 0 Å². The number of hydrogen-bond acceptors (Lipinski definition) is 5. The van der Waals surface area contributed by atoms with Gasteiger partial charge in [0.1, 0.15) is 26.8 Å². The zero-order valence-corrected chi connectivity index (χ0v) is 15.6. The average Bonchev–Trinajstić information content (AvgIpc) is 3.33. The fourth-order valence-corrected chi connectivity index (χ4v) is 5.15. The van der Waals surface area contributed by atoms with Crippen molar-refractivity contribution in [3.63, 3.8) is 0 Å². The van der Waals surface area contributed by atoms with Crippen LogP contribution < -0.4 is 4.74 Å². The fourth-order valence-electron chi connectivity index (χ4n) is 2.99. The van der Waals surface area contributed by atoms with E-state index in [9.17, 15) is 0 Å². The Morgan fingerprint density at radius 3 is 1.92 bits per heavy atom. The molecule has 3 nitrogen and oxygen atoms in total. The van der Waals surface area contributed by atoms with Crippen molar-refractivity contribution in [2.24, 2.45) is 0 Å². The van der Waals surface area contributed by atoms with Gasteiger partial charge in [-0.15, -0.1) is 22.7 Å². The quantitative estimate of drug-likeness (QED) is 0.374. The first kappa shape index (κ1) is 15.5. The maximum atomic E-state index is 5.62. The number of rotatable bonds is 3. The minimum Gasteiger partial charge on any atom is -0.494 e. The van der Waals surface area contributed by atoms with Gasteiger partial charge in [0, 0.05) is 17.2 Å². The molecular weight excluding hydrogens is 360 g/mol. The first-order chi connectivity index (χ1) is 12.8. The lowest BCUT2D eigenvalue weighted by Gasteiger charge is -2.00. The molecule has 0 saturated carbocycles. The lowest BCUT2D eigenvalue weighted by atomic mass is 10.2. The van der Waals surface area contributed by atoms with Crippen molar-refractivity contribution in [3.8, 4) is 26.9 Å². The maximum absolute atomic E-state index is 5.62. The fraction of sp³-hybridized carbons (Fsp3) is 0.0476. The standard InChI is InChI=1S/C21H14N2OS2/c1-24-15-12-16-18(23-20(25-16)13-8-4-2-5-9-13)19-17(15)22-21(26-19)14-10-6-3-7-11-14/h2-12H,1H3. The first-order valence-corrected chi connectivity index (χ1v) is 9.86. The smallest absolute Gasteiger partial charge is 0.147 e. The first-order valence-electron chi connectivity index (χ1n) is 8.22. The third-order valence-corrected chi connectivity index (χ3v) is 6.42. The summed E-state index contributed by atoms with van der Waals surface area (Å²) < 4.78 is 7.82. The van der Waals surface area contributed by atoms with E-state index in [0.29, 0.717) is 0 Å². The summed E-state index contributed by atoms with van der Waals surface area (Å²) in [7, 11) is 1.70. The highest BCUT2D eigenvalue weighted by Gasteiger charge is 2.18. The number of hydrogen-bond donors (Lipinski definition) is 0. The van der Waals surface area contributed by atoms with E-state index in [-0.39, 0.29) is 0 Å². The van der Waals surface area contributed by atoms with Gasteiger partial charge in [-0.3, -0.25) is 0 Å². The Morgan fingerprint density at radius 1 is 0.731 bits per heavy atom. The van der Waals surface area contributed by atoms with Crippen molar-refractivity contribution in [2.75, 3.05) is 7.11 Å². The van der Waals surface area contributed by atoms with Crippen LogP contribution >= 0.6 is 22.7 Å². The van der Waals surface area contributed by atoms with E-state index in [1.807, 2.05) is 36.4 Å². The predicted octanol–water partition coefficient (Wildman–Crippen LogP) is 6.25. The maximum Gasteiger partial charge on any atom is 0.147 e. The molecule has 0 amide bonds. The van der Waals surface area contributed by atoms with Gasteiger partial charge in [0.25, 0.3) is 0 Å². The Hall–Kier alpha value is -2.76. The van der Waals surface area contributed by atoms with Gasteiger partial charge in [0.05, 0.1) is 16.5 Å². The zero-order chi connectivity index (χ0) is 17.5. The van der Waals surface area contributed by atoms with E-state index in [1.165, 1.54) is 0 Å². The van der Waals surface area contributed by atoms with E-state index in [2.05, 4.69) is 30.3 Å². The minimum absolute atomic E-state index is 0.800. The van der Waals surface area contributed by atoms with Gasteiger partial charge in [-0.25, -0.2) is 9.97 Å². The van der Waals surface area contributed by atoms with Crippen molar-refractivity contribution < 1.29 is 4.74 Å². The van der Waals surface area contributed by atoms with Crippen LogP contribution in [-0.4, -0.2) is 17.1 Å². The highest BCUT2D eigenvalue weighted by molar-refractivity contribution is 7.25. The third kappa shape index (κ3) is 2.48. The minimum atomic E-state index is 0.800. The molecule has 2 aromatic heterocycles. The molecular formula is C21H14N2OS2. The van der Waals surface area contributed by atoms with Crippen molar-refractivity contribution in [2.45, 2.75) is 0 Å². The lowest BCUT2D eigenvalue weighted by Crippen LogP contribution is -1.84. The van der Waals surface area contributed by atoms with Crippen LogP contribution in [-0.2, 0) is 0 Å². The molecule has 0 aliphatic rings. The summed E-state index contributed by atoms with van der Waals surface area (Å²) in [6, 6.07) is 22.6. The molecule has 0 radical (unpaired) electrons. The number of aromatic nitrogens is 2. The van der Waals surface area contributed by atoms with E-state index >= 15 is 0 Å². The van der Waals surface area contributed by atoms with E-state index in [1.54, 1.807) is 29.8 Å². The Kier molecular flexibility index (Phi) is 3.69. The van der Waals surface area contributed by atoms with E-state index in [4.69, 9.17) is 14.7 Å². The number of nitrogens with zero attached hydrogens (tertiary/aromatic N) is 2. The van der Waals surface area contributed by atoms with Crippen LogP contribution in [0, 0.1) is 0 Å². The summed E-state index contributed by atoms with van der Waals surface area (Å²) in [5.41, 5.74) is 4.13. The largest absolute Gasteiger partial charge is 0.494 e. The molecule has 26 heavy (non-hydrogen) atoms. The Bertz CT molecular complexity index is 1210. The number of fused-ring (bicyclic) bond motifs is 3. The van der Waals surface area contributed by atoms with E-state index in [0.717, 1.165) is 47.3 Å². The van der Waals surface area contributed by atoms with Gasteiger partial charge in [0.2, 0.25) is 0 Å². The molecule has 2 heterocycles. The van der Waals surface area contributed by atoms with Crippen molar-refractivity contribution in [1.82, 2.24) is 9.97 Å². The number of methoxy groups -OCH3 is 1. The van der Waals surface area contributed by atoms with Crippen LogP contribution in [0.25, 0.3) is 41.6 Å². The average molecular weight is 374 g/mol. The predicted molar refractivity (Wildman–Crippen MR) is 110 cm³/mol. The highest BCUT2D eigenvalue weighted by Crippen LogP contribution is 2.42. The summed E-state index contributed by atoms with van der Waals surface area (Å²) in [5, 5.41) is 2.01.